The summed E-state index contributed by atoms with van der Waals surface area (Å²) in [5, 5.41) is 7.47. The van der Waals surface area contributed by atoms with Gasteiger partial charge in [0.15, 0.2) is 0 Å². The maximum absolute atomic E-state index is 12.5. The third kappa shape index (κ3) is 4.23. The summed E-state index contributed by atoms with van der Waals surface area (Å²) >= 11 is 0. The van der Waals surface area contributed by atoms with Gasteiger partial charge in [-0.3, -0.25) is 4.79 Å². The summed E-state index contributed by atoms with van der Waals surface area (Å²) in [4.78, 5) is 12.7. The van der Waals surface area contributed by atoms with E-state index in [2.05, 4.69) is 10.4 Å². The van der Waals surface area contributed by atoms with Crippen LogP contribution in [0.25, 0.3) is 5.69 Å². The van der Waals surface area contributed by atoms with Crippen molar-refractivity contribution in [2.45, 2.75) is 25.3 Å². The number of hydrogen-bond donors (Lipinski definition) is 1. The molecule has 3 rings (SSSR count). The van der Waals surface area contributed by atoms with Crippen molar-refractivity contribution in [1.82, 2.24) is 19.4 Å². The first-order valence-corrected chi connectivity index (χ1v) is 10.6. The Morgan fingerprint density at radius 2 is 1.66 bits per heavy atom. The molecule has 0 unspecified atom stereocenters. The van der Waals surface area contributed by atoms with E-state index in [1.165, 1.54) is 38.4 Å². The quantitative estimate of drug-likeness (QED) is 0.675. The van der Waals surface area contributed by atoms with Crippen LogP contribution >= 0.6 is 0 Å². The maximum Gasteiger partial charge on any atom is 0.251 e. The molecule has 152 valence electrons. The number of para-hydroxylation sites is 1. The number of carbonyl (C=O) groups excluding carboxylic acids is 1. The molecule has 1 N–H and O–H groups in total. The van der Waals surface area contributed by atoms with E-state index in [-0.39, 0.29) is 10.8 Å². The van der Waals surface area contributed by atoms with Crippen LogP contribution in [0.3, 0.4) is 0 Å². The third-order valence-electron chi connectivity index (χ3n) is 4.76. The third-order valence-corrected chi connectivity index (χ3v) is 6.59. The Balaban J connectivity index is 1.74. The Kier molecular flexibility index (Phi) is 5.86. The van der Waals surface area contributed by atoms with Crippen LogP contribution in [0.5, 0.6) is 0 Å². The molecule has 0 aliphatic heterocycles. The summed E-state index contributed by atoms with van der Waals surface area (Å²) in [6, 6.07) is 15.7. The lowest BCUT2D eigenvalue weighted by Gasteiger charge is -2.12. The zero-order chi connectivity index (χ0) is 21.2. The fourth-order valence-electron chi connectivity index (χ4n) is 3.01. The van der Waals surface area contributed by atoms with Gasteiger partial charge in [-0.1, -0.05) is 18.2 Å². The van der Waals surface area contributed by atoms with Crippen molar-refractivity contribution in [3.05, 3.63) is 77.1 Å². The number of carbonyl (C=O) groups is 1. The molecule has 7 nitrogen and oxygen atoms in total. The van der Waals surface area contributed by atoms with Crippen LogP contribution in [0.2, 0.25) is 0 Å². The molecule has 1 aromatic heterocycles. The van der Waals surface area contributed by atoms with E-state index in [9.17, 15) is 13.2 Å². The molecule has 3 aromatic rings. The summed E-state index contributed by atoms with van der Waals surface area (Å²) in [5.41, 5.74) is 4.12. The van der Waals surface area contributed by atoms with E-state index in [1.54, 1.807) is 0 Å². The second kappa shape index (κ2) is 8.18. The van der Waals surface area contributed by atoms with Crippen molar-refractivity contribution in [3.63, 3.8) is 0 Å². The molecule has 0 aliphatic carbocycles. The van der Waals surface area contributed by atoms with Gasteiger partial charge in [-0.25, -0.2) is 17.4 Å². The number of nitrogens with one attached hydrogen (secondary N) is 1. The highest BCUT2D eigenvalue weighted by Crippen LogP contribution is 2.18. The average Bonchev–Trinajstić information content (AvgIpc) is 3.00. The van der Waals surface area contributed by atoms with Crippen LogP contribution in [-0.2, 0) is 16.6 Å². The molecule has 0 bridgehead atoms. The minimum absolute atomic E-state index is 0.148. The standard InChI is InChI=1S/C21H24N4O3S/c1-15-20(16(2)25(23-15)18-8-6-5-7-9-18)14-22-21(26)17-10-12-19(13-11-17)29(27,28)24(3)4/h5-13H,14H2,1-4H3,(H,22,26). The van der Waals surface area contributed by atoms with Gasteiger partial charge in [-0.15, -0.1) is 0 Å². The number of sulfonamides is 1. The van der Waals surface area contributed by atoms with Crippen molar-refractivity contribution in [1.29, 1.82) is 0 Å². The van der Waals surface area contributed by atoms with Gasteiger partial charge in [0.1, 0.15) is 0 Å². The number of amides is 1. The molecule has 29 heavy (non-hydrogen) atoms. The summed E-state index contributed by atoms with van der Waals surface area (Å²) < 4.78 is 27.3. The van der Waals surface area contributed by atoms with E-state index < -0.39 is 10.0 Å². The summed E-state index contributed by atoms with van der Waals surface area (Å²) in [5.74, 6) is -0.273. The zero-order valence-corrected chi connectivity index (χ0v) is 17.7. The second-order valence-corrected chi connectivity index (χ2v) is 9.04. The van der Waals surface area contributed by atoms with Crippen molar-refractivity contribution >= 4 is 15.9 Å². The van der Waals surface area contributed by atoms with E-state index in [0.29, 0.717) is 12.1 Å². The molecule has 0 radical (unpaired) electrons. The molecule has 0 saturated carbocycles. The fraction of sp³-hybridized carbons (Fsp3) is 0.238. The van der Waals surface area contributed by atoms with Crippen LogP contribution < -0.4 is 5.32 Å². The van der Waals surface area contributed by atoms with Crippen molar-refractivity contribution in [3.8, 4) is 5.69 Å². The largest absolute Gasteiger partial charge is 0.348 e. The van der Waals surface area contributed by atoms with E-state index >= 15 is 0 Å². The van der Waals surface area contributed by atoms with Crippen LogP contribution in [0, 0.1) is 13.8 Å². The first-order chi connectivity index (χ1) is 13.7. The first-order valence-electron chi connectivity index (χ1n) is 9.13. The highest BCUT2D eigenvalue weighted by Gasteiger charge is 2.18. The Hall–Kier alpha value is -2.97. The van der Waals surface area contributed by atoms with Crippen LogP contribution in [0.1, 0.15) is 27.3 Å². The lowest BCUT2D eigenvalue weighted by Crippen LogP contribution is -2.24. The predicted octanol–water partition coefficient (Wildman–Crippen LogP) is 2.67. The average molecular weight is 413 g/mol. The van der Waals surface area contributed by atoms with Crippen LogP contribution in [0.15, 0.2) is 59.5 Å². The normalized spacial score (nSPS) is 11.6. The van der Waals surface area contributed by atoms with Gasteiger partial charge in [0.2, 0.25) is 10.0 Å². The van der Waals surface area contributed by atoms with Gasteiger partial charge in [0.25, 0.3) is 5.91 Å². The fourth-order valence-corrected chi connectivity index (χ4v) is 3.91. The van der Waals surface area contributed by atoms with E-state index in [0.717, 1.165) is 26.9 Å². The molecule has 2 aromatic carbocycles. The number of rotatable bonds is 6. The van der Waals surface area contributed by atoms with Crippen molar-refractivity contribution < 1.29 is 13.2 Å². The predicted molar refractivity (Wildman–Crippen MR) is 112 cm³/mol. The molecule has 0 spiro atoms. The topological polar surface area (TPSA) is 84.3 Å². The van der Waals surface area contributed by atoms with Gasteiger partial charge < -0.3 is 5.32 Å². The number of aryl methyl sites for hydroxylation is 1. The number of hydrogen-bond acceptors (Lipinski definition) is 4. The van der Waals surface area contributed by atoms with Gasteiger partial charge in [0.05, 0.1) is 16.3 Å². The molecular weight excluding hydrogens is 388 g/mol. The van der Waals surface area contributed by atoms with Crippen molar-refractivity contribution in [2.24, 2.45) is 0 Å². The smallest absolute Gasteiger partial charge is 0.251 e. The lowest BCUT2D eigenvalue weighted by atomic mass is 10.1. The summed E-state index contributed by atoms with van der Waals surface area (Å²) in [6.07, 6.45) is 0. The highest BCUT2D eigenvalue weighted by atomic mass is 32.2. The monoisotopic (exact) mass is 412 g/mol. The second-order valence-electron chi connectivity index (χ2n) is 6.89. The molecular formula is C21H24N4O3S. The number of aromatic nitrogens is 2. The van der Waals surface area contributed by atoms with Gasteiger partial charge in [-0.2, -0.15) is 5.10 Å². The van der Waals surface area contributed by atoms with E-state index in [1.807, 2.05) is 48.9 Å². The van der Waals surface area contributed by atoms with Gasteiger partial charge >= 0.3 is 0 Å². The Bertz CT molecular complexity index is 1120. The summed E-state index contributed by atoms with van der Waals surface area (Å²) in [6.45, 7) is 4.21. The molecule has 0 fully saturated rings. The van der Waals surface area contributed by atoms with Crippen LogP contribution in [-0.4, -0.2) is 42.5 Å². The SMILES string of the molecule is Cc1nn(-c2ccccc2)c(C)c1CNC(=O)c1ccc(S(=O)(=O)N(C)C)cc1. The molecule has 1 heterocycles. The van der Waals surface area contributed by atoms with Gasteiger partial charge in [0, 0.05) is 37.5 Å². The summed E-state index contributed by atoms with van der Waals surface area (Å²) in [7, 11) is -0.582. The lowest BCUT2D eigenvalue weighted by molar-refractivity contribution is 0.0950. The van der Waals surface area contributed by atoms with Gasteiger partial charge in [-0.05, 0) is 50.2 Å². The maximum atomic E-state index is 12.5. The molecule has 0 saturated heterocycles. The minimum atomic E-state index is -3.52. The molecule has 0 atom stereocenters. The Morgan fingerprint density at radius 3 is 2.24 bits per heavy atom. The highest BCUT2D eigenvalue weighted by molar-refractivity contribution is 7.89. The Morgan fingerprint density at radius 1 is 1.03 bits per heavy atom. The minimum Gasteiger partial charge on any atom is -0.348 e. The van der Waals surface area contributed by atoms with E-state index in [4.69, 9.17) is 0 Å². The first kappa shape index (κ1) is 20.8. The number of benzene rings is 2. The Labute approximate surface area is 171 Å². The molecule has 1 amide bonds. The molecule has 0 aliphatic rings. The van der Waals surface area contributed by atoms with Crippen molar-refractivity contribution in [2.75, 3.05) is 14.1 Å². The number of nitrogens with zero attached hydrogens (tertiary/aromatic N) is 3. The van der Waals surface area contributed by atoms with Crippen LogP contribution in [0.4, 0.5) is 0 Å². The molecule has 8 heteroatoms. The zero-order valence-electron chi connectivity index (χ0n) is 16.9.